The van der Waals surface area contributed by atoms with Crippen LogP contribution in [0, 0.1) is 0 Å². The molecule has 1 aromatic heterocycles. The van der Waals surface area contributed by atoms with Crippen molar-refractivity contribution in [3.8, 4) is 11.4 Å². The molecule has 4 aliphatic heterocycles. The minimum Gasteiger partial charge on any atom is -0.404 e. The number of morpholine rings is 1. The number of nitrogens with zero attached hydrogens (tertiary/aromatic N) is 3. The molecule has 0 aliphatic carbocycles. The van der Waals surface area contributed by atoms with Crippen molar-refractivity contribution in [3.05, 3.63) is 53.1 Å². The molecule has 1 N–H and O–H groups in total. The van der Waals surface area contributed by atoms with Crippen molar-refractivity contribution in [3.63, 3.8) is 0 Å². The van der Waals surface area contributed by atoms with E-state index >= 15 is 0 Å². The number of nitrogens with one attached hydrogen (secondary N) is 1. The van der Waals surface area contributed by atoms with Gasteiger partial charge in [0.2, 0.25) is 5.91 Å². The van der Waals surface area contributed by atoms with Gasteiger partial charge in [0.05, 0.1) is 51.7 Å². The van der Waals surface area contributed by atoms with Gasteiger partial charge in [-0.25, -0.2) is 4.98 Å². The zero-order chi connectivity index (χ0) is 30.9. The fourth-order valence-corrected chi connectivity index (χ4v) is 5.53. The number of benzene rings is 2. The van der Waals surface area contributed by atoms with Gasteiger partial charge in [0.15, 0.2) is 5.75 Å². The van der Waals surface area contributed by atoms with Crippen LogP contribution in [0.4, 0.5) is 18.9 Å². The molecule has 14 heteroatoms. The summed E-state index contributed by atoms with van der Waals surface area (Å²) < 4.78 is 62.8. The normalized spacial score (nSPS) is 23.6. The molecule has 10 nitrogen and oxygen atoms in total. The molecule has 43 heavy (non-hydrogen) atoms. The maximum atomic E-state index is 13.5. The lowest BCUT2D eigenvalue weighted by atomic mass is 9.79. The fraction of sp³-hybridized carbons (Fsp3) is 0.483. The predicted octanol–water partition coefficient (Wildman–Crippen LogP) is 3.38. The Labute approximate surface area is 246 Å². The van der Waals surface area contributed by atoms with Crippen LogP contribution in [0.3, 0.4) is 0 Å². The zero-order valence-electron chi connectivity index (χ0n) is 24.4. The molecule has 4 aliphatic rings. The van der Waals surface area contributed by atoms with Crippen molar-refractivity contribution in [1.29, 1.82) is 0 Å². The Balaban J connectivity index is 1.29. The highest BCUT2D eigenvalue weighted by molar-refractivity contribution is 6.62. The first kappa shape index (κ1) is 29.6. The number of carbonyl (C=O) groups excluding carboxylic acids is 1. The van der Waals surface area contributed by atoms with Crippen LogP contribution < -0.4 is 21.1 Å². The van der Waals surface area contributed by atoms with Gasteiger partial charge in [0.25, 0.3) is 5.56 Å². The van der Waals surface area contributed by atoms with Gasteiger partial charge in [0.1, 0.15) is 6.33 Å². The van der Waals surface area contributed by atoms with E-state index in [4.69, 9.17) is 14.0 Å². The van der Waals surface area contributed by atoms with Crippen molar-refractivity contribution in [1.82, 2.24) is 14.5 Å². The number of ether oxygens (including phenoxy) is 2. The Morgan fingerprint density at radius 3 is 2.37 bits per heavy atom. The molecule has 5 heterocycles. The van der Waals surface area contributed by atoms with Crippen molar-refractivity contribution < 1.29 is 36.7 Å². The first-order valence-corrected chi connectivity index (χ1v) is 14.1. The highest BCUT2D eigenvalue weighted by Crippen LogP contribution is 2.37. The highest BCUT2D eigenvalue weighted by Gasteiger charge is 2.51. The lowest BCUT2D eigenvalue weighted by molar-refractivity contribution is -0.274. The molecule has 3 unspecified atom stereocenters. The molecule has 3 atom stereocenters. The van der Waals surface area contributed by atoms with E-state index in [1.807, 2.05) is 32.6 Å². The van der Waals surface area contributed by atoms with E-state index < -0.39 is 47.9 Å². The quantitative estimate of drug-likeness (QED) is 0.430. The summed E-state index contributed by atoms with van der Waals surface area (Å²) in [6.45, 7) is 10.6. The number of hydrogen-bond acceptors (Lipinski definition) is 8. The molecule has 7 rings (SSSR count). The van der Waals surface area contributed by atoms with Crippen LogP contribution in [0.1, 0.15) is 41.0 Å². The summed E-state index contributed by atoms with van der Waals surface area (Å²) in [5.41, 5.74) is -0.476. The molecule has 0 radical (unpaired) electrons. The van der Waals surface area contributed by atoms with E-state index in [1.54, 1.807) is 25.1 Å². The first-order chi connectivity index (χ1) is 20.1. The van der Waals surface area contributed by atoms with Gasteiger partial charge in [-0.1, -0.05) is 6.07 Å². The minimum atomic E-state index is -4.99. The fourth-order valence-electron chi connectivity index (χ4n) is 5.53. The van der Waals surface area contributed by atoms with Crippen LogP contribution >= 0.6 is 0 Å². The topological polar surface area (TPSA) is 104 Å². The Hall–Kier alpha value is -3.46. The van der Waals surface area contributed by atoms with Gasteiger partial charge in [-0.15, -0.1) is 13.2 Å². The standard InChI is InChI=1S/C29H32BF3N4O6/c1-16(36-13-19-12-20(14-36)40-19)25(38)35-23-11-18(7-9-24(23)41-29(31,32)33)37-15-34-22-10-17(6-8-21(22)26(37)39)30-42-27(2,3)28(4,5)43-30/h6-11,15-16,19-20H,12-14H2,1-5H3,(H,35,38). The molecule has 0 spiro atoms. The average molecular weight is 600 g/mol. The number of halogens is 3. The van der Waals surface area contributed by atoms with Gasteiger partial charge in [-0.3, -0.25) is 19.1 Å². The number of rotatable bonds is 6. The van der Waals surface area contributed by atoms with Crippen LogP contribution in [0.25, 0.3) is 16.6 Å². The molecular weight excluding hydrogens is 568 g/mol. The summed E-state index contributed by atoms with van der Waals surface area (Å²) in [6, 6.07) is 8.04. The summed E-state index contributed by atoms with van der Waals surface area (Å²) >= 11 is 0. The molecule has 3 aromatic rings. The summed E-state index contributed by atoms with van der Waals surface area (Å²) in [7, 11) is -0.642. The maximum absolute atomic E-state index is 13.5. The predicted molar refractivity (Wildman–Crippen MR) is 153 cm³/mol. The highest BCUT2D eigenvalue weighted by atomic mass is 19.4. The molecule has 4 saturated heterocycles. The van der Waals surface area contributed by atoms with Crippen LogP contribution in [0.15, 0.2) is 47.5 Å². The van der Waals surface area contributed by atoms with Gasteiger partial charge < -0.3 is 24.1 Å². The number of hydrogen-bond donors (Lipinski definition) is 1. The van der Waals surface area contributed by atoms with E-state index in [2.05, 4.69) is 15.0 Å². The second kappa shape index (κ2) is 10.3. The van der Waals surface area contributed by atoms with Crippen LogP contribution in [0.2, 0.25) is 0 Å². The summed E-state index contributed by atoms with van der Waals surface area (Å²) in [6.07, 6.45) is -2.66. The Morgan fingerprint density at radius 1 is 1.09 bits per heavy atom. The minimum absolute atomic E-state index is 0.0571. The van der Waals surface area contributed by atoms with E-state index in [0.29, 0.717) is 24.1 Å². The third kappa shape index (κ3) is 5.64. The lowest BCUT2D eigenvalue weighted by Crippen LogP contribution is -2.61. The summed E-state index contributed by atoms with van der Waals surface area (Å²) in [5, 5.41) is 2.85. The van der Waals surface area contributed by atoms with Gasteiger partial charge in [-0.05, 0) is 70.4 Å². The van der Waals surface area contributed by atoms with E-state index in [1.165, 1.54) is 23.0 Å². The summed E-state index contributed by atoms with van der Waals surface area (Å²) in [4.78, 5) is 33.0. The van der Waals surface area contributed by atoms with Crippen molar-refractivity contribution in [2.75, 3.05) is 18.4 Å². The Morgan fingerprint density at radius 2 is 1.74 bits per heavy atom. The first-order valence-electron chi connectivity index (χ1n) is 14.1. The molecule has 228 valence electrons. The largest absolute Gasteiger partial charge is 0.573 e. The molecule has 2 aromatic carbocycles. The molecule has 1 amide bonds. The Kier molecular flexibility index (Phi) is 7.11. The number of aromatic nitrogens is 2. The molecule has 4 fully saturated rings. The van der Waals surface area contributed by atoms with Gasteiger partial charge >= 0.3 is 13.5 Å². The second-order valence-corrected chi connectivity index (χ2v) is 12.2. The van der Waals surface area contributed by atoms with E-state index in [9.17, 15) is 22.8 Å². The smallest absolute Gasteiger partial charge is 0.404 e. The number of amides is 1. The van der Waals surface area contributed by atoms with E-state index in [-0.39, 0.29) is 29.0 Å². The third-order valence-corrected chi connectivity index (χ3v) is 8.75. The average Bonchev–Trinajstić information content (AvgIpc) is 3.14. The SMILES string of the molecule is CC(C(=O)Nc1cc(-n2cnc3cc(B4OC(C)(C)C(C)(C)O4)ccc3c2=O)ccc1OC(F)(F)F)N1CC2CC(C1)O2. The second-order valence-electron chi connectivity index (χ2n) is 12.2. The number of alkyl halides is 3. The Bertz CT molecular complexity index is 1610. The van der Waals surface area contributed by atoms with Crippen LogP contribution in [-0.4, -0.2) is 76.4 Å². The monoisotopic (exact) mass is 600 g/mol. The maximum Gasteiger partial charge on any atom is 0.573 e. The van der Waals surface area contributed by atoms with Crippen LogP contribution in [-0.2, 0) is 18.8 Å². The van der Waals surface area contributed by atoms with E-state index in [0.717, 1.165) is 12.5 Å². The van der Waals surface area contributed by atoms with Gasteiger partial charge in [0, 0.05) is 19.5 Å². The molecule has 2 bridgehead atoms. The lowest BCUT2D eigenvalue weighted by Gasteiger charge is -2.48. The number of piperidine rings is 1. The number of carbonyl (C=O) groups is 1. The van der Waals surface area contributed by atoms with Gasteiger partial charge in [-0.2, -0.15) is 0 Å². The van der Waals surface area contributed by atoms with Crippen LogP contribution in [0.5, 0.6) is 5.75 Å². The zero-order valence-corrected chi connectivity index (χ0v) is 24.4. The molecular formula is C29H32BF3N4O6. The third-order valence-electron chi connectivity index (χ3n) is 8.75. The molecule has 0 saturated carbocycles. The van der Waals surface area contributed by atoms with Crippen molar-refractivity contribution in [2.45, 2.75) is 76.9 Å². The number of fused-ring (bicyclic) bond motifs is 3. The number of anilines is 1. The summed E-state index contributed by atoms with van der Waals surface area (Å²) in [5.74, 6) is -1.11. The van der Waals surface area contributed by atoms with Crippen molar-refractivity contribution in [2.24, 2.45) is 0 Å². The van der Waals surface area contributed by atoms with Crippen molar-refractivity contribution >= 4 is 35.1 Å².